The van der Waals surface area contributed by atoms with E-state index in [0.717, 1.165) is 48.0 Å². The molecule has 0 unspecified atom stereocenters. The summed E-state index contributed by atoms with van der Waals surface area (Å²) in [5.41, 5.74) is 2.71. The van der Waals surface area contributed by atoms with Gasteiger partial charge in [-0.05, 0) is 25.7 Å². The molecule has 6 heteroatoms. The van der Waals surface area contributed by atoms with Crippen LogP contribution in [0, 0.1) is 0 Å². The summed E-state index contributed by atoms with van der Waals surface area (Å²) in [5, 5.41) is 4.05. The zero-order valence-electron chi connectivity index (χ0n) is 12.0. The Morgan fingerprint density at radius 2 is 2.24 bits per heavy atom. The molecule has 2 aromatic heterocycles. The third-order valence-corrected chi connectivity index (χ3v) is 5.23. The van der Waals surface area contributed by atoms with Crippen LogP contribution in [-0.4, -0.2) is 20.7 Å². The Morgan fingerprint density at radius 3 is 3.10 bits per heavy atom. The number of rotatable bonds is 5. The molecule has 0 fully saturated rings. The summed E-state index contributed by atoms with van der Waals surface area (Å²) in [6.45, 7) is 2.16. The van der Waals surface area contributed by atoms with Crippen molar-refractivity contribution >= 4 is 28.9 Å². The molecule has 0 bridgehead atoms. The van der Waals surface area contributed by atoms with Gasteiger partial charge in [0.2, 0.25) is 0 Å². The molecule has 0 atom stereocenters. The van der Waals surface area contributed by atoms with Gasteiger partial charge in [-0.2, -0.15) is 0 Å². The first kappa shape index (κ1) is 14.7. The molecule has 0 saturated heterocycles. The van der Waals surface area contributed by atoms with Crippen LogP contribution < -0.4 is 0 Å². The molecule has 110 valence electrons. The monoisotopic (exact) mass is 319 g/mol. The maximum atomic E-state index is 11.7. The molecule has 0 aliphatic heterocycles. The summed E-state index contributed by atoms with van der Waals surface area (Å²) in [6.07, 6.45) is 6.28. The van der Waals surface area contributed by atoms with Crippen LogP contribution in [0.15, 0.2) is 16.7 Å². The minimum absolute atomic E-state index is 0.177. The second-order valence-electron chi connectivity index (χ2n) is 5.06. The van der Waals surface area contributed by atoms with Gasteiger partial charge in [0, 0.05) is 23.8 Å². The maximum absolute atomic E-state index is 11.7. The molecule has 0 spiro atoms. The summed E-state index contributed by atoms with van der Waals surface area (Å²) in [5.74, 6) is 0.962. The van der Waals surface area contributed by atoms with E-state index in [0.29, 0.717) is 12.0 Å². The summed E-state index contributed by atoms with van der Waals surface area (Å²) in [4.78, 5) is 25.2. The van der Waals surface area contributed by atoms with E-state index in [1.807, 2.05) is 0 Å². The molecule has 21 heavy (non-hydrogen) atoms. The van der Waals surface area contributed by atoms with Crippen LogP contribution in [0.3, 0.4) is 0 Å². The van der Waals surface area contributed by atoms with Crippen LogP contribution >= 0.6 is 23.1 Å². The Labute approximate surface area is 132 Å². The van der Waals surface area contributed by atoms with Crippen LogP contribution in [0.1, 0.15) is 52.9 Å². The van der Waals surface area contributed by atoms with Crippen molar-refractivity contribution < 1.29 is 4.79 Å². The number of ketones is 1. The molecule has 4 nitrogen and oxygen atoms in total. The number of nitrogens with zero attached hydrogens (tertiary/aromatic N) is 3. The van der Waals surface area contributed by atoms with E-state index < -0.39 is 0 Å². The van der Waals surface area contributed by atoms with Gasteiger partial charge in [-0.25, -0.2) is 15.0 Å². The minimum Gasteiger partial charge on any atom is -0.294 e. The van der Waals surface area contributed by atoms with E-state index in [-0.39, 0.29) is 5.78 Å². The van der Waals surface area contributed by atoms with E-state index in [9.17, 15) is 4.79 Å². The fourth-order valence-corrected chi connectivity index (χ4v) is 4.06. The van der Waals surface area contributed by atoms with Gasteiger partial charge in [-0.3, -0.25) is 4.79 Å². The Morgan fingerprint density at radius 1 is 1.33 bits per heavy atom. The first-order valence-electron chi connectivity index (χ1n) is 7.21. The highest BCUT2D eigenvalue weighted by Gasteiger charge is 2.19. The lowest BCUT2D eigenvalue weighted by atomic mass is 9.96. The molecule has 1 aliphatic carbocycles. The number of hydrogen-bond donors (Lipinski definition) is 0. The zero-order valence-corrected chi connectivity index (χ0v) is 13.6. The van der Waals surface area contributed by atoms with Crippen LogP contribution in [0.5, 0.6) is 0 Å². The van der Waals surface area contributed by atoms with Crippen molar-refractivity contribution in [3.63, 3.8) is 0 Å². The van der Waals surface area contributed by atoms with Gasteiger partial charge in [-0.15, -0.1) is 11.3 Å². The van der Waals surface area contributed by atoms with E-state index >= 15 is 0 Å². The number of aryl methyl sites for hydroxylation is 2. The summed E-state index contributed by atoms with van der Waals surface area (Å²) >= 11 is 3.31. The number of fused-ring (bicyclic) bond motifs is 1. The number of carbonyl (C=O) groups is 1. The van der Waals surface area contributed by atoms with Crippen molar-refractivity contribution in [2.24, 2.45) is 0 Å². The standard InChI is InChI=1S/C15H17N3OS2/c1-2-4-14-17-10(8-20-14)9-21-15-16-7-11-12(18-15)5-3-6-13(11)19/h7-8H,2-6,9H2,1H3. The highest BCUT2D eigenvalue weighted by Crippen LogP contribution is 2.24. The third kappa shape index (κ3) is 3.49. The normalized spacial score (nSPS) is 14.2. The molecular formula is C15H17N3OS2. The fourth-order valence-electron chi connectivity index (χ4n) is 2.33. The number of carbonyl (C=O) groups excluding carboxylic acids is 1. The van der Waals surface area contributed by atoms with Crippen molar-refractivity contribution in [1.82, 2.24) is 15.0 Å². The first-order valence-corrected chi connectivity index (χ1v) is 9.08. The van der Waals surface area contributed by atoms with E-state index in [2.05, 4.69) is 27.3 Å². The summed E-state index contributed by atoms with van der Waals surface area (Å²) < 4.78 is 0. The average Bonchev–Trinajstić information content (AvgIpc) is 2.93. The Balaban J connectivity index is 1.66. The molecule has 2 aromatic rings. The fraction of sp³-hybridized carbons (Fsp3) is 0.467. The number of thiazole rings is 1. The van der Waals surface area contributed by atoms with Gasteiger partial charge < -0.3 is 0 Å². The van der Waals surface area contributed by atoms with Crippen LogP contribution in [0.25, 0.3) is 0 Å². The smallest absolute Gasteiger partial charge is 0.188 e. The van der Waals surface area contributed by atoms with Gasteiger partial charge in [0.25, 0.3) is 0 Å². The Hall–Kier alpha value is -1.27. The van der Waals surface area contributed by atoms with E-state index in [1.54, 1.807) is 29.3 Å². The quantitative estimate of drug-likeness (QED) is 0.621. The maximum Gasteiger partial charge on any atom is 0.188 e. The van der Waals surface area contributed by atoms with Crippen LogP contribution in [0.2, 0.25) is 0 Å². The molecule has 1 aliphatic rings. The molecule has 0 radical (unpaired) electrons. The number of hydrogen-bond acceptors (Lipinski definition) is 6. The lowest BCUT2D eigenvalue weighted by Gasteiger charge is -2.13. The highest BCUT2D eigenvalue weighted by atomic mass is 32.2. The zero-order chi connectivity index (χ0) is 14.7. The summed E-state index contributed by atoms with van der Waals surface area (Å²) in [6, 6.07) is 0. The van der Waals surface area contributed by atoms with Crippen LogP contribution in [0.4, 0.5) is 0 Å². The molecule has 0 saturated carbocycles. The second kappa shape index (κ2) is 6.66. The van der Waals surface area contributed by atoms with E-state index in [1.165, 1.54) is 5.01 Å². The lowest BCUT2D eigenvalue weighted by molar-refractivity contribution is 0.0970. The van der Waals surface area contributed by atoms with Crippen molar-refractivity contribution in [3.8, 4) is 0 Å². The average molecular weight is 319 g/mol. The van der Waals surface area contributed by atoms with Gasteiger partial charge in [0.05, 0.1) is 22.0 Å². The lowest BCUT2D eigenvalue weighted by Crippen LogP contribution is -2.13. The largest absolute Gasteiger partial charge is 0.294 e. The Bertz CT molecular complexity index is 654. The number of thioether (sulfide) groups is 1. The molecular weight excluding hydrogens is 302 g/mol. The molecule has 2 heterocycles. The summed E-state index contributed by atoms with van der Waals surface area (Å²) in [7, 11) is 0. The number of Topliss-reactive ketones (excluding diaryl/α,β-unsaturated/α-hetero) is 1. The second-order valence-corrected chi connectivity index (χ2v) is 6.95. The molecule has 3 rings (SSSR count). The SMILES string of the molecule is CCCc1nc(CSc2ncc3c(n2)CCCC3=O)cs1. The van der Waals surface area contributed by atoms with Crippen molar-refractivity contribution in [2.45, 2.75) is 49.9 Å². The molecule has 0 N–H and O–H groups in total. The van der Waals surface area contributed by atoms with Crippen molar-refractivity contribution in [3.05, 3.63) is 33.5 Å². The Kier molecular flexibility index (Phi) is 4.65. The highest BCUT2D eigenvalue weighted by molar-refractivity contribution is 7.98. The van der Waals surface area contributed by atoms with Crippen LogP contribution in [-0.2, 0) is 18.6 Å². The van der Waals surface area contributed by atoms with E-state index in [4.69, 9.17) is 0 Å². The molecule has 0 aromatic carbocycles. The van der Waals surface area contributed by atoms with Crippen molar-refractivity contribution in [1.29, 1.82) is 0 Å². The first-order chi connectivity index (χ1) is 10.3. The minimum atomic E-state index is 0.177. The van der Waals surface area contributed by atoms with Crippen molar-refractivity contribution in [2.75, 3.05) is 0 Å². The molecule has 0 amide bonds. The van der Waals surface area contributed by atoms with Gasteiger partial charge in [-0.1, -0.05) is 18.7 Å². The third-order valence-electron chi connectivity index (χ3n) is 3.38. The predicted molar refractivity (Wildman–Crippen MR) is 85.0 cm³/mol. The number of aromatic nitrogens is 3. The predicted octanol–water partition coefficient (Wildman–Crippen LogP) is 3.70. The van der Waals surface area contributed by atoms with Gasteiger partial charge >= 0.3 is 0 Å². The van der Waals surface area contributed by atoms with Gasteiger partial charge in [0.15, 0.2) is 10.9 Å². The topological polar surface area (TPSA) is 55.7 Å². The van der Waals surface area contributed by atoms with Gasteiger partial charge in [0.1, 0.15) is 0 Å².